The minimum absolute atomic E-state index is 0.0366. The largest absolute Gasteiger partial charge is 0.378 e. The van der Waals surface area contributed by atoms with Gasteiger partial charge in [-0.3, -0.25) is 4.57 Å². The summed E-state index contributed by atoms with van der Waals surface area (Å²) in [6.45, 7) is 2.60. The van der Waals surface area contributed by atoms with Crippen LogP contribution in [0.5, 0.6) is 0 Å². The van der Waals surface area contributed by atoms with Crippen LogP contribution in [0.25, 0.3) is 10.9 Å². The summed E-state index contributed by atoms with van der Waals surface area (Å²) in [7, 11) is 0. The average molecular weight is 230 g/mol. The first kappa shape index (κ1) is 10.4. The van der Waals surface area contributed by atoms with Crippen molar-refractivity contribution in [3.05, 3.63) is 36.5 Å². The van der Waals surface area contributed by atoms with Gasteiger partial charge in [0.1, 0.15) is 0 Å². The Kier molecular flexibility index (Phi) is 2.57. The van der Waals surface area contributed by atoms with Crippen LogP contribution in [0.2, 0.25) is 0 Å². The van der Waals surface area contributed by atoms with Crippen molar-refractivity contribution in [3.63, 3.8) is 0 Å². The Morgan fingerprint density at radius 3 is 2.71 bits per heavy atom. The summed E-state index contributed by atoms with van der Waals surface area (Å²) in [4.78, 5) is 14.1. The third kappa shape index (κ3) is 1.80. The molecule has 3 rings (SSSR count). The van der Waals surface area contributed by atoms with E-state index in [1.807, 2.05) is 41.4 Å². The first-order valence-electron chi connectivity index (χ1n) is 5.79. The van der Waals surface area contributed by atoms with Crippen molar-refractivity contribution in [2.45, 2.75) is 0 Å². The van der Waals surface area contributed by atoms with Crippen molar-refractivity contribution in [2.24, 2.45) is 0 Å². The average Bonchev–Trinajstić information content (AvgIpc) is 2.83. The van der Waals surface area contributed by atoms with Gasteiger partial charge < -0.3 is 9.64 Å². The number of para-hydroxylation sites is 1. The van der Waals surface area contributed by atoms with E-state index in [0.717, 1.165) is 10.9 Å². The first-order chi connectivity index (χ1) is 8.36. The number of morpholine rings is 1. The molecule has 4 nitrogen and oxygen atoms in total. The Labute approximate surface area is 99.4 Å². The molecular formula is C13H14N2O2. The van der Waals surface area contributed by atoms with Gasteiger partial charge in [-0.25, -0.2) is 4.79 Å². The molecule has 0 aliphatic carbocycles. The molecule has 0 saturated carbocycles. The highest BCUT2D eigenvalue weighted by atomic mass is 16.5. The molecule has 0 unspecified atom stereocenters. The highest BCUT2D eigenvalue weighted by Gasteiger charge is 2.19. The predicted molar refractivity (Wildman–Crippen MR) is 65.1 cm³/mol. The lowest BCUT2D eigenvalue weighted by Crippen LogP contribution is -2.42. The summed E-state index contributed by atoms with van der Waals surface area (Å²) in [6.07, 6.45) is 1.84. The molecule has 2 heterocycles. The molecule has 0 N–H and O–H groups in total. The summed E-state index contributed by atoms with van der Waals surface area (Å²) < 4.78 is 6.96. The minimum Gasteiger partial charge on any atom is -0.378 e. The summed E-state index contributed by atoms with van der Waals surface area (Å²) in [5.74, 6) is 0. The van der Waals surface area contributed by atoms with Crippen molar-refractivity contribution in [3.8, 4) is 0 Å². The number of nitrogens with zero attached hydrogens (tertiary/aromatic N) is 2. The smallest absolute Gasteiger partial charge is 0.328 e. The molecule has 88 valence electrons. The van der Waals surface area contributed by atoms with Gasteiger partial charge in [0.2, 0.25) is 0 Å². The molecule has 1 aliphatic rings. The van der Waals surface area contributed by atoms with Gasteiger partial charge in [-0.2, -0.15) is 0 Å². The molecule has 1 amide bonds. The molecule has 1 saturated heterocycles. The van der Waals surface area contributed by atoms with E-state index in [0.29, 0.717) is 26.3 Å². The van der Waals surface area contributed by atoms with Crippen LogP contribution in [0.15, 0.2) is 36.5 Å². The molecular weight excluding hydrogens is 216 g/mol. The third-order valence-electron chi connectivity index (χ3n) is 3.09. The van der Waals surface area contributed by atoms with E-state index in [-0.39, 0.29) is 6.03 Å². The minimum atomic E-state index is 0.0366. The number of hydrogen-bond donors (Lipinski definition) is 0. The summed E-state index contributed by atoms with van der Waals surface area (Å²) >= 11 is 0. The molecule has 1 aliphatic heterocycles. The van der Waals surface area contributed by atoms with Gasteiger partial charge in [-0.1, -0.05) is 18.2 Å². The Bertz CT molecular complexity index is 541. The highest BCUT2D eigenvalue weighted by molar-refractivity contribution is 5.91. The number of aromatic nitrogens is 1. The van der Waals surface area contributed by atoms with Crippen LogP contribution in [-0.4, -0.2) is 41.8 Å². The van der Waals surface area contributed by atoms with Gasteiger partial charge in [0.05, 0.1) is 18.7 Å². The molecule has 1 aromatic carbocycles. The number of carbonyl (C=O) groups excluding carboxylic acids is 1. The van der Waals surface area contributed by atoms with Crippen molar-refractivity contribution in [1.82, 2.24) is 9.47 Å². The van der Waals surface area contributed by atoms with Crippen LogP contribution in [0.4, 0.5) is 4.79 Å². The lowest BCUT2D eigenvalue weighted by atomic mass is 10.2. The summed E-state index contributed by atoms with van der Waals surface area (Å²) in [5, 5.41) is 1.09. The maximum Gasteiger partial charge on any atom is 0.328 e. The fourth-order valence-electron chi connectivity index (χ4n) is 2.16. The second-order valence-corrected chi connectivity index (χ2v) is 4.13. The molecule has 0 radical (unpaired) electrons. The van der Waals surface area contributed by atoms with E-state index < -0.39 is 0 Å². The van der Waals surface area contributed by atoms with Crippen LogP contribution in [0.3, 0.4) is 0 Å². The van der Waals surface area contributed by atoms with Gasteiger partial charge in [-0.15, -0.1) is 0 Å². The fraction of sp³-hybridized carbons (Fsp3) is 0.308. The van der Waals surface area contributed by atoms with Crippen molar-refractivity contribution >= 4 is 16.9 Å². The third-order valence-corrected chi connectivity index (χ3v) is 3.09. The molecule has 1 aromatic heterocycles. The Balaban J connectivity index is 1.95. The van der Waals surface area contributed by atoms with E-state index in [1.54, 1.807) is 4.57 Å². The van der Waals surface area contributed by atoms with E-state index in [2.05, 4.69) is 0 Å². The van der Waals surface area contributed by atoms with Crippen LogP contribution in [0.1, 0.15) is 0 Å². The van der Waals surface area contributed by atoms with Gasteiger partial charge in [0.15, 0.2) is 0 Å². The zero-order valence-electron chi connectivity index (χ0n) is 9.50. The summed E-state index contributed by atoms with van der Waals surface area (Å²) in [6, 6.07) is 9.91. The molecule has 2 aromatic rings. The SMILES string of the molecule is O=C(N1CCOCC1)n1ccc2ccccc21. The predicted octanol–water partition coefficient (Wildman–Crippen LogP) is 1.94. The zero-order valence-corrected chi connectivity index (χ0v) is 9.50. The lowest BCUT2D eigenvalue weighted by molar-refractivity contribution is 0.0538. The summed E-state index contributed by atoms with van der Waals surface area (Å²) in [5.41, 5.74) is 0.962. The van der Waals surface area contributed by atoms with Crippen LogP contribution < -0.4 is 0 Å². The van der Waals surface area contributed by atoms with E-state index in [9.17, 15) is 4.79 Å². The quantitative estimate of drug-likeness (QED) is 0.693. The van der Waals surface area contributed by atoms with Crippen LogP contribution in [-0.2, 0) is 4.74 Å². The van der Waals surface area contributed by atoms with E-state index in [4.69, 9.17) is 4.74 Å². The topological polar surface area (TPSA) is 34.5 Å². The second-order valence-electron chi connectivity index (χ2n) is 4.13. The second kappa shape index (κ2) is 4.22. The molecule has 0 atom stereocenters. The number of carbonyl (C=O) groups is 1. The number of hydrogen-bond acceptors (Lipinski definition) is 2. The number of benzene rings is 1. The molecule has 17 heavy (non-hydrogen) atoms. The van der Waals surface area contributed by atoms with Gasteiger partial charge in [-0.05, 0) is 12.1 Å². The highest BCUT2D eigenvalue weighted by Crippen LogP contribution is 2.16. The molecule has 4 heteroatoms. The maximum absolute atomic E-state index is 12.3. The monoisotopic (exact) mass is 230 g/mol. The van der Waals surface area contributed by atoms with Crippen LogP contribution in [0, 0.1) is 0 Å². The van der Waals surface area contributed by atoms with E-state index in [1.165, 1.54) is 0 Å². The Hall–Kier alpha value is -1.81. The van der Waals surface area contributed by atoms with Crippen molar-refractivity contribution < 1.29 is 9.53 Å². The Morgan fingerprint density at radius 1 is 1.12 bits per heavy atom. The van der Waals surface area contributed by atoms with E-state index >= 15 is 0 Å². The normalized spacial score (nSPS) is 16.4. The lowest BCUT2D eigenvalue weighted by Gasteiger charge is -2.27. The molecule has 0 spiro atoms. The van der Waals surface area contributed by atoms with Gasteiger partial charge in [0.25, 0.3) is 0 Å². The number of amides is 1. The standard InChI is InChI=1S/C13H14N2O2/c16-13(14-7-9-17-10-8-14)15-6-5-11-3-1-2-4-12(11)15/h1-6H,7-10H2. The zero-order chi connectivity index (χ0) is 11.7. The first-order valence-corrected chi connectivity index (χ1v) is 5.79. The number of ether oxygens (including phenoxy) is 1. The van der Waals surface area contributed by atoms with Gasteiger partial charge >= 0.3 is 6.03 Å². The molecule has 0 bridgehead atoms. The number of fused-ring (bicyclic) bond motifs is 1. The van der Waals surface area contributed by atoms with Crippen molar-refractivity contribution in [2.75, 3.05) is 26.3 Å². The van der Waals surface area contributed by atoms with Crippen molar-refractivity contribution in [1.29, 1.82) is 0 Å². The Morgan fingerprint density at radius 2 is 1.88 bits per heavy atom. The number of rotatable bonds is 0. The fourth-order valence-corrected chi connectivity index (χ4v) is 2.16. The van der Waals surface area contributed by atoms with Crippen LogP contribution >= 0.6 is 0 Å². The maximum atomic E-state index is 12.3. The van der Waals surface area contributed by atoms with Gasteiger partial charge in [0, 0.05) is 24.7 Å². The molecule has 1 fully saturated rings.